The van der Waals surface area contributed by atoms with Crippen LogP contribution in [0.5, 0.6) is 0 Å². The smallest absolute Gasteiger partial charge is 0.320 e. The molecule has 0 spiro atoms. The van der Waals surface area contributed by atoms with Crippen molar-refractivity contribution in [3.05, 3.63) is 58.5 Å². The minimum absolute atomic E-state index is 0.0165. The van der Waals surface area contributed by atoms with Gasteiger partial charge in [0, 0.05) is 37.4 Å². The van der Waals surface area contributed by atoms with Gasteiger partial charge in [0.25, 0.3) is 0 Å². The third-order valence-electron chi connectivity index (χ3n) is 6.21. The molecule has 0 aliphatic carbocycles. The summed E-state index contributed by atoms with van der Waals surface area (Å²) in [6, 6.07) is 9.24. The van der Waals surface area contributed by atoms with E-state index in [0.29, 0.717) is 31.6 Å². The summed E-state index contributed by atoms with van der Waals surface area (Å²) in [5, 5.41) is 3.38. The summed E-state index contributed by atoms with van der Waals surface area (Å²) in [4.78, 5) is 21.5. The van der Waals surface area contributed by atoms with Gasteiger partial charge >= 0.3 is 6.03 Å². The lowest BCUT2D eigenvalue weighted by Gasteiger charge is -2.28. The number of hydrogen-bond acceptors (Lipinski definition) is 3. The second kappa shape index (κ2) is 9.02. The Kier molecular flexibility index (Phi) is 6.21. The third kappa shape index (κ3) is 4.27. The maximum atomic E-state index is 14.4. The van der Waals surface area contributed by atoms with Crippen molar-refractivity contribution in [3.8, 4) is 0 Å². The van der Waals surface area contributed by atoms with E-state index in [-0.39, 0.29) is 17.9 Å². The molecule has 0 unspecified atom stereocenters. The number of nitrogens with one attached hydrogen (secondary N) is 1. The fraction of sp³-hybridized carbons (Fsp3) is 0.500. The summed E-state index contributed by atoms with van der Waals surface area (Å²) in [6.07, 6.45) is 4.68. The number of nitrogens with zero attached hydrogens (tertiary/aromatic N) is 3. The number of carbonyl (C=O) groups excluding carboxylic acids is 1. The summed E-state index contributed by atoms with van der Waals surface area (Å²) in [6.45, 7) is 7.00. The number of carbonyl (C=O) groups is 1. The van der Waals surface area contributed by atoms with E-state index < -0.39 is 0 Å². The zero-order valence-electron chi connectivity index (χ0n) is 18.0. The predicted octanol–water partition coefficient (Wildman–Crippen LogP) is 4.71. The second-order valence-corrected chi connectivity index (χ2v) is 8.36. The molecule has 0 saturated carbocycles. The Morgan fingerprint density at radius 1 is 1.23 bits per heavy atom. The largest absolute Gasteiger partial charge is 0.370 e. The highest BCUT2D eigenvalue weighted by Gasteiger charge is 2.34. The quantitative estimate of drug-likeness (QED) is 0.719. The van der Waals surface area contributed by atoms with Gasteiger partial charge in [-0.05, 0) is 56.7 Å². The first kappa shape index (κ1) is 20.6. The van der Waals surface area contributed by atoms with Gasteiger partial charge in [-0.3, -0.25) is 0 Å². The average Bonchev–Trinajstić information content (AvgIpc) is 3.11. The van der Waals surface area contributed by atoms with Gasteiger partial charge in [0.15, 0.2) is 0 Å². The van der Waals surface area contributed by atoms with Crippen LogP contribution in [0.25, 0.3) is 0 Å². The molecule has 1 saturated heterocycles. The number of urea groups is 1. The molecule has 2 aliphatic heterocycles. The summed E-state index contributed by atoms with van der Waals surface area (Å²) in [5.41, 5.74) is 4.00. The van der Waals surface area contributed by atoms with E-state index >= 15 is 0 Å². The molecule has 1 aromatic carbocycles. The van der Waals surface area contributed by atoms with Crippen LogP contribution >= 0.6 is 0 Å². The van der Waals surface area contributed by atoms with Crippen LogP contribution < -0.4 is 5.32 Å². The van der Waals surface area contributed by atoms with Crippen LogP contribution in [0.1, 0.15) is 54.6 Å². The highest BCUT2D eigenvalue weighted by Crippen LogP contribution is 2.30. The lowest BCUT2D eigenvalue weighted by atomic mass is 10.0. The van der Waals surface area contributed by atoms with Gasteiger partial charge in [0.05, 0.1) is 6.04 Å². The number of halogens is 1. The van der Waals surface area contributed by atoms with Gasteiger partial charge in [0.1, 0.15) is 11.6 Å². The molecule has 2 aliphatic rings. The molecule has 0 radical (unpaired) electrons. The first-order valence-electron chi connectivity index (χ1n) is 11.1. The van der Waals surface area contributed by atoms with Crippen LogP contribution in [0.3, 0.4) is 0 Å². The first-order chi connectivity index (χ1) is 14.6. The van der Waals surface area contributed by atoms with Crippen molar-refractivity contribution in [1.29, 1.82) is 0 Å². The van der Waals surface area contributed by atoms with Crippen molar-refractivity contribution in [1.82, 2.24) is 14.8 Å². The van der Waals surface area contributed by atoms with Gasteiger partial charge in [-0.15, -0.1) is 0 Å². The zero-order valence-corrected chi connectivity index (χ0v) is 18.0. The number of aryl methyl sites for hydroxylation is 3. The van der Waals surface area contributed by atoms with E-state index in [2.05, 4.69) is 17.4 Å². The number of aromatic nitrogens is 1. The predicted molar refractivity (Wildman–Crippen MR) is 117 cm³/mol. The Hall–Kier alpha value is -2.63. The van der Waals surface area contributed by atoms with Crippen LogP contribution in [-0.2, 0) is 12.8 Å². The van der Waals surface area contributed by atoms with Crippen LogP contribution in [0.2, 0.25) is 0 Å². The lowest BCUT2D eigenvalue weighted by molar-refractivity contribution is 0.174. The summed E-state index contributed by atoms with van der Waals surface area (Å²) >= 11 is 0. The minimum atomic E-state index is -0.231. The third-order valence-corrected chi connectivity index (χ3v) is 6.21. The molecule has 0 bridgehead atoms. The topological polar surface area (TPSA) is 48.5 Å². The van der Waals surface area contributed by atoms with E-state index in [0.717, 1.165) is 49.3 Å². The minimum Gasteiger partial charge on any atom is -0.370 e. The molecule has 160 valence electrons. The summed E-state index contributed by atoms with van der Waals surface area (Å²) in [5.74, 6) is 0.791. The van der Waals surface area contributed by atoms with E-state index in [1.807, 2.05) is 29.7 Å². The average molecular weight is 411 g/mol. The van der Waals surface area contributed by atoms with Crippen molar-refractivity contribution in [2.75, 3.05) is 31.5 Å². The van der Waals surface area contributed by atoms with Crippen molar-refractivity contribution < 1.29 is 9.18 Å². The Morgan fingerprint density at radius 2 is 2.10 bits per heavy atom. The van der Waals surface area contributed by atoms with Crippen LogP contribution in [0.15, 0.2) is 30.3 Å². The standard InChI is InChI=1S/C24H31FN4O/c1-3-22(20-16-17(2)8-11-21(20)25)29-15-14-28(24(29)30)13-5-7-19-10-9-18-6-4-12-26-23(18)27-19/h8-11,16,22H,3-7,12-15H2,1-2H3,(H,26,27)/t22-/m0/s1. The lowest BCUT2D eigenvalue weighted by Crippen LogP contribution is -2.35. The fourth-order valence-corrected chi connectivity index (χ4v) is 4.58. The highest BCUT2D eigenvalue weighted by atomic mass is 19.1. The SMILES string of the molecule is CC[C@@H](c1cc(C)ccc1F)N1CCN(CCCc2ccc3c(n2)NCCC3)C1=O. The molecular weight excluding hydrogens is 379 g/mol. The molecule has 30 heavy (non-hydrogen) atoms. The van der Waals surface area contributed by atoms with Crippen LogP contribution in [0.4, 0.5) is 15.0 Å². The first-order valence-corrected chi connectivity index (χ1v) is 11.1. The number of rotatable bonds is 7. The van der Waals surface area contributed by atoms with E-state index in [4.69, 9.17) is 4.98 Å². The molecule has 5 nitrogen and oxygen atoms in total. The number of benzene rings is 1. The van der Waals surface area contributed by atoms with Crippen LogP contribution in [0, 0.1) is 12.7 Å². The van der Waals surface area contributed by atoms with Gasteiger partial charge in [-0.25, -0.2) is 14.2 Å². The molecule has 1 fully saturated rings. The summed E-state index contributed by atoms with van der Waals surface area (Å²) in [7, 11) is 0. The normalized spacial score (nSPS) is 17.1. The molecule has 1 aromatic heterocycles. The number of fused-ring (bicyclic) bond motifs is 1. The monoisotopic (exact) mass is 410 g/mol. The molecule has 2 aromatic rings. The Bertz CT molecular complexity index is 916. The van der Waals surface area contributed by atoms with Crippen molar-refractivity contribution >= 4 is 11.8 Å². The second-order valence-electron chi connectivity index (χ2n) is 8.36. The number of pyridine rings is 1. The number of hydrogen-bond donors (Lipinski definition) is 1. The maximum Gasteiger partial charge on any atom is 0.320 e. The molecular formula is C24H31FN4O. The fourth-order valence-electron chi connectivity index (χ4n) is 4.58. The zero-order chi connectivity index (χ0) is 21.1. The number of anilines is 1. The Labute approximate surface area is 178 Å². The van der Waals surface area contributed by atoms with Crippen molar-refractivity contribution in [2.45, 2.75) is 52.0 Å². The molecule has 1 atom stereocenters. The van der Waals surface area contributed by atoms with Crippen LogP contribution in [-0.4, -0.2) is 47.0 Å². The van der Waals surface area contributed by atoms with Crippen molar-refractivity contribution in [2.24, 2.45) is 0 Å². The number of amides is 2. The maximum absolute atomic E-state index is 14.4. The van der Waals surface area contributed by atoms with Gasteiger partial charge in [-0.2, -0.15) is 0 Å². The van der Waals surface area contributed by atoms with E-state index in [1.165, 1.54) is 11.6 Å². The Morgan fingerprint density at radius 3 is 2.93 bits per heavy atom. The molecule has 3 heterocycles. The van der Waals surface area contributed by atoms with Gasteiger partial charge < -0.3 is 15.1 Å². The summed E-state index contributed by atoms with van der Waals surface area (Å²) < 4.78 is 14.4. The highest BCUT2D eigenvalue weighted by molar-refractivity contribution is 5.77. The van der Waals surface area contributed by atoms with Gasteiger partial charge in [0.2, 0.25) is 0 Å². The van der Waals surface area contributed by atoms with Crippen molar-refractivity contribution in [3.63, 3.8) is 0 Å². The van der Waals surface area contributed by atoms with Gasteiger partial charge in [-0.1, -0.05) is 30.7 Å². The van der Waals surface area contributed by atoms with E-state index in [1.54, 1.807) is 6.07 Å². The Balaban J connectivity index is 1.35. The molecule has 1 N–H and O–H groups in total. The van der Waals surface area contributed by atoms with E-state index in [9.17, 15) is 9.18 Å². The molecule has 2 amide bonds. The molecule has 4 rings (SSSR count). The molecule has 6 heteroatoms.